The molecule has 4 rings (SSSR count). The summed E-state index contributed by atoms with van der Waals surface area (Å²) in [5.41, 5.74) is 1.96. The molecule has 1 amide bonds. The van der Waals surface area contributed by atoms with Crippen LogP contribution in [0.25, 0.3) is 6.08 Å². The number of benzene rings is 2. The number of phenolic OH excluding ortho intramolecular Hbond substituents is 1. The summed E-state index contributed by atoms with van der Waals surface area (Å²) in [6.07, 6.45) is 6.19. The molecule has 7 nitrogen and oxygen atoms in total. The fraction of sp³-hybridized carbons (Fsp3) is 0.115. The smallest absolute Gasteiger partial charge is 0.290 e. The van der Waals surface area contributed by atoms with Crippen molar-refractivity contribution in [1.82, 2.24) is 9.88 Å². The van der Waals surface area contributed by atoms with Gasteiger partial charge in [-0.3, -0.25) is 14.6 Å². The van der Waals surface area contributed by atoms with Crippen LogP contribution in [-0.4, -0.2) is 38.9 Å². The third kappa shape index (κ3) is 4.58. The highest BCUT2D eigenvalue weighted by Crippen LogP contribution is 2.44. The molecule has 1 aliphatic rings. The van der Waals surface area contributed by atoms with E-state index in [9.17, 15) is 19.8 Å². The Bertz CT molecular complexity index is 1290. The molecular weight excluding hydrogens is 500 g/mol. The predicted octanol–water partition coefficient (Wildman–Crippen LogP) is 4.74. The highest BCUT2D eigenvalue weighted by Gasteiger charge is 2.43. The summed E-state index contributed by atoms with van der Waals surface area (Å²) < 4.78 is 5.59. The molecule has 34 heavy (non-hydrogen) atoms. The number of aliphatic hydroxyl groups excluding tert-OH is 1. The third-order valence-electron chi connectivity index (χ3n) is 5.46. The Labute approximate surface area is 204 Å². The summed E-state index contributed by atoms with van der Waals surface area (Å²) in [6.45, 7) is 0.112. The molecule has 3 aromatic rings. The molecule has 8 heteroatoms. The maximum Gasteiger partial charge on any atom is 0.290 e. The number of carbonyl (C=O) groups is 2. The number of carbonyl (C=O) groups excluding carboxylic acids is 2. The van der Waals surface area contributed by atoms with Gasteiger partial charge in [-0.25, -0.2) is 0 Å². The van der Waals surface area contributed by atoms with E-state index in [4.69, 9.17) is 4.74 Å². The summed E-state index contributed by atoms with van der Waals surface area (Å²) in [6, 6.07) is 15.0. The van der Waals surface area contributed by atoms with Crippen molar-refractivity contribution < 1.29 is 24.5 Å². The molecule has 0 fully saturated rings. The molecule has 1 atom stereocenters. The minimum absolute atomic E-state index is 0.0549. The van der Waals surface area contributed by atoms with Gasteiger partial charge in [-0.15, -0.1) is 0 Å². The van der Waals surface area contributed by atoms with Gasteiger partial charge in [0.2, 0.25) is 0 Å². The molecule has 0 bridgehead atoms. The monoisotopic (exact) mass is 520 g/mol. The lowest BCUT2D eigenvalue weighted by atomic mass is 9.95. The molecule has 1 unspecified atom stereocenters. The SMILES string of the molecule is COc1cc(C2C(C(=O)C=Cc3ccccc3)=C(O)C(=O)N2Cc2cccnc2)cc(Br)c1O. The summed E-state index contributed by atoms with van der Waals surface area (Å²) in [7, 11) is 1.40. The molecule has 0 aliphatic carbocycles. The molecule has 2 aromatic carbocycles. The van der Waals surface area contributed by atoms with Crippen LogP contribution in [0.5, 0.6) is 11.5 Å². The van der Waals surface area contributed by atoms with Crippen LogP contribution in [0.1, 0.15) is 22.7 Å². The zero-order valence-corrected chi connectivity index (χ0v) is 19.8. The van der Waals surface area contributed by atoms with E-state index < -0.39 is 23.5 Å². The van der Waals surface area contributed by atoms with Gasteiger partial charge in [-0.1, -0.05) is 42.5 Å². The quantitative estimate of drug-likeness (QED) is 0.436. The van der Waals surface area contributed by atoms with E-state index >= 15 is 0 Å². The van der Waals surface area contributed by atoms with Crippen molar-refractivity contribution in [1.29, 1.82) is 0 Å². The van der Waals surface area contributed by atoms with E-state index in [1.165, 1.54) is 18.1 Å². The van der Waals surface area contributed by atoms with Gasteiger partial charge in [0.25, 0.3) is 5.91 Å². The molecule has 2 N–H and O–H groups in total. The first-order valence-electron chi connectivity index (χ1n) is 10.4. The van der Waals surface area contributed by atoms with Crippen molar-refractivity contribution in [2.45, 2.75) is 12.6 Å². The van der Waals surface area contributed by atoms with Gasteiger partial charge in [0, 0.05) is 18.9 Å². The van der Waals surface area contributed by atoms with Gasteiger partial charge in [-0.05, 0) is 56.9 Å². The number of aromatic nitrogens is 1. The first-order chi connectivity index (χ1) is 16.4. The van der Waals surface area contributed by atoms with Crippen LogP contribution in [0.2, 0.25) is 0 Å². The maximum absolute atomic E-state index is 13.3. The minimum atomic E-state index is -0.911. The Morgan fingerprint density at radius 3 is 2.62 bits per heavy atom. The number of hydrogen-bond acceptors (Lipinski definition) is 6. The standard InChI is InChI=1S/C26H21BrN2O5/c1-34-21-13-18(12-19(27)24(21)31)23-22(20(30)10-9-16-6-3-2-4-7-16)25(32)26(33)29(23)15-17-8-5-11-28-14-17/h2-14,23,31-32H,15H2,1H3. The Kier molecular flexibility index (Phi) is 6.79. The topological polar surface area (TPSA) is 100.0 Å². The number of halogens is 1. The van der Waals surface area contributed by atoms with E-state index in [1.54, 1.807) is 42.7 Å². The molecule has 1 aliphatic heterocycles. The van der Waals surface area contributed by atoms with Crippen LogP contribution >= 0.6 is 15.9 Å². The molecule has 0 saturated heterocycles. The molecule has 0 spiro atoms. The summed E-state index contributed by atoms with van der Waals surface area (Å²) in [5, 5.41) is 21.0. The number of ether oxygens (including phenoxy) is 1. The van der Waals surface area contributed by atoms with Crippen molar-refractivity contribution in [2.24, 2.45) is 0 Å². The summed E-state index contributed by atoms with van der Waals surface area (Å²) in [5.74, 6) is -1.74. The number of aliphatic hydroxyl groups is 1. The van der Waals surface area contributed by atoms with E-state index in [0.29, 0.717) is 10.0 Å². The number of ketones is 1. The Morgan fingerprint density at radius 1 is 1.18 bits per heavy atom. The second kappa shape index (κ2) is 9.93. The highest BCUT2D eigenvalue weighted by atomic mass is 79.9. The van der Waals surface area contributed by atoms with E-state index in [1.807, 2.05) is 30.3 Å². The van der Waals surface area contributed by atoms with E-state index in [-0.39, 0.29) is 23.6 Å². The average Bonchev–Trinajstić information content (AvgIpc) is 3.10. The Balaban J connectivity index is 1.79. The van der Waals surface area contributed by atoms with Crippen LogP contribution < -0.4 is 4.74 Å². The lowest BCUT2D eigenvalue weighted by Crippen LogP contribution is -2.30. The predicted molar refractivity (Wildman–Crippen MR) is 130 cm³/mol. The van der Waals surface area contributed by atoms with Crippen molar-refractivity contribution >= 4 is 33.7 Å². The van der Waals surface area contributed by atoms with Crippen LogP contribution in [0.15, 0.2) is 88.9 Å². The number of pyridine rings is 1. The van der Waals surface area contributed by atoms with Gasteiger partial charge >= 0.3 is 0 Å². The van der Waals surface area contributed by atoms with Crippen LogP contribution in [0.4, 0.5) is 0 Å². The molecular formula is C26H21BrN2O5. The summed E-state index contributed by atoms with van der Waals surface area (Å²) in [4.78, 5) is 31.9. The van der Waals surface area contributed by atoms with Crippen molar-refractivity contribution in [3.8, 4) is 11.5 Å². The molecule has 0 saturated carbocycles. The number of rotatable bonds is 7. The van der Waals surface area contributed by atoms with Crippen molar-refractivity contribution in [3.05, 3.63) is 106 Å². The largest absolute Gasteiger partial charge is 0.503 e. The Hall–Kier alpha value is -3.91. The summed E-state index contributed by atoms with van der Waals surface area (Å²) >= 11 is 3.30. The first kappa shape index (κ1) is 23.3. The fourth-order valence-corrected chi connectivity index (χ4v) is 4.30. The molecule has 172 valence electrons. The number of amides is 1. The molecule has 1 aromatic heterocycles. The second-order valence-corrected chi connectivity index (χ2v) is 8.48. The zero-order chi connectivity index (χ0) is 24.2. The molecule has 2 heterocycles. The number of aromatic hydroxyl groups is 1. The number of methoxy groups -OCH3 is 1. The minimum Gasteiger partial charge on any atom is -0.503 e. The van der Waals surface area contributed by atoms with Crippen LogP contribution in [0, 0.1) is 0 Å². The van der Waals surface area contributed by atoms with Crippen molar-refractivity contribution in [3.63, 3.8) is 0 Å². The fourth-order valence-electron chi connectivity index (χ4n) is 3.84. The second-order valence-electron chi connectivity index (χ2n) is 7.62. The number of hydrogen-bond donors (Lipinski definition) is 2. The molecule has 0 radical (unpaired) electrons. The zero-order valence-electron chi connectivity index (χ0n) is 18.2. The van der Waals surface area contributed by atoms with Crippen molar-refractivity contribution in [2.75, 3.05) is 7.11 Å². The third-order valence-corrected chi connectivity index (χ3v) is 6.06. The first-order valence-corrected chi connectivity index (χ1v) is 11.2. The Morgan fingerprint density at radius 2 is 1.94 bits per heavy atom. The number of nitrogens with zero attached hydrogens (tertiary/aromatic N) is 2. The van der Waals surface area contributed by atoms with Gasteiger partial charge in [-0.2, -0.15) is 0 Å². The van der Waals surface area contributed by atoms with E-state index in [2.05, 4.69) is 20.9 Å². The number of phenols is 1. The van der Waals surface area contributed by atoms with Gasteiger partial charge in [0.15, 0.2) is 23.0 Å². The van der Waals surface area contributed by atoms with E-state index in [0.717, 1.165) is 11.1 Å². The van der Waals surface area contributed by atoms with Crippen LogP contribution in [-0.2, 0) is 16.1 Å². The van der Waals surface area contributed by atoms with Gasteiger partial charge in [0.1, 0.15) is 0 Å². The van der Waals surface area contributed by atoms with Gasteiger partial charge < -0.3 is 19.8 Å². The highest BCUT2D eigenvalue weighted by molar-refractivity contribution is 9.10. The maximum atomic E-state index is 13.3. The lowest BCUT2D eigenvalue weighted by molar-refractivity contribution is -0.130. The number of allylic oxidation sites excluding steroid dienone is 1. The van der Waals surface area contributed by atoms with Crippen LogP contribution in [0.3, 0.4) is 0 Å². The van der Waals surface area contributed by atoms with Gasteiger partial charge in [0.05, 0.1) is 23.2 Å². The lowest BCUT2D eigenvalue weighted by Gasteiger charge is -2.27. The normalized spacial score (nSPS) is 15.9. The average molecular weight is 521 g/mol.